The number of anilines is 2. The van der Waals surface area contributed by atoms with E-state index in [2.05, 4.69) is 20.3 Å². The van der Waals surface area contributed by atoms with Crippen molar-refractivity contribution < 1.29 is 4.79 Å². The van der Waals surface area contributed by atoms with Gasteiger partial charge in [-0.25, -0.2) is 9.97 Å². The highest BCUT2D eigenvalue weighted by Crippen LogP contribution is 2.13. The van der Waals surface area contributed by atoms with Crippen LogP contribution >= 0.6 is 0 Å². The van der Waals surface area contributed by atoms with Crippen molar-refractivity contribution in [3.8, 4) is 0 Å². The molecule has 0 fully saturated rings. The third-order valence-corrected chi connectivity index (χ3v) is 2.58. The molecule has 98 valence electrons. The summed E-state index contributed by atoms with van der Waals surface area (Å²) in [5.74, 6) is 0.451. The highest BCUT2D eigenvalue weighted by Gasteiger charge is 2.15. The van der Waals surface area contributed by atoms with Gasteiger partial charge in [0.15, 0.2) is 0 Å². The van der Waals surface area contributed by atoms with Crippen LogP contribution in [0.1, 0.15) is 17.4 Å². The summed E-state index contributed by atoms with van der Waals surface area (Å²) in [6, 6.07) is 3.52. The summed E-state index contributed by atoms with van der Waals surface area (Å²) >= 11 is 0. The van der Waals surface area contributed by atoms with Crippen molar-refractivity contribution in [3.63, 3.8) is 0 Å². The van der Waals surface area contributed by atoms with E-state index in [4.69, 9.17) is 0 Å². The highest BCUT2D eigenvalue weighted by atomic mass is 16.2. The van der Waals surface area contributed by atoms with Gasteiger partial charge in [0.05, 0.1) is 12.4 Å². The van der Waals surface area contributed by atoms with Crippen LogP contribution in [-0.2, 0) is 0 Å². The van der Waals surface area contributed by atoms with Gasteiger partial charge in [0, 0.05) is 31.7 Å². The zero-order chi connectivity index (χ0) is 13.7. The molecule has 2 heterocycles. The van der Waals surface area contributed by atoms with Gasteiger partial charge in [-0.15, -0.1) is 0 Å². The molecule has 2 rings (SSSR count). The van der Waals surface area contributed by atoms with Crippen LogP contribution in [0.15, 0.2) is 36.9 Å². The van der Waals surface area contributed by atoms with E-state index in [0.717, 1.165) is 12.2 Å². The number of carbonyl (C=O) groups is 1. The summed E-state index contributed by atoms with van der Waals surface area (Å²) in [7, 11) is 1.69. The quantitative estimate of drug-likeness (QED) is 0.900. The van der Waals surface area contributed by atoms with Crippen molar-refractivity contribution in [1.29, 1.82) is 0 Å². The lowest BCUT2D eigenvalue weighted by atomic mass is 10.3. The van der Waals surface area contributed by atoms with Gasteiger partial charge in [0.25, 0.3) is 5.91 Å². The predicted molar refractivity (Wildman–Crippen MR) is 73.2 cm³/mol. The van der Waals surface area contributed by atoms with Crippen molar-refractivity contribution in [2.45, 2.75) is 6.92 Å². The smallest absolute Gasteiger partial charge is 0.278 e. The van der Waals surface area contributed by atoms with Crippen LogP contribution in [0.25, 0.3) is 0 Å². The second kappa shape index (κ2) is 5.90. The molecule has 0 saturated heterocycles. The Bertz CT molecular complexity index is 541. The van der Waals surface area contributed by atoms with Gasteiger partial charge in [-0.05, 0) is 19.1 Å². The van der Waals surface area contributed by atoms with E-state index in [1.165, 1.54) is 11.1 Å². The van der Waals surface area contributed by atoms with Crippen LogP contribution < -0.4 is 10.2 Å². The number of carbonyl (C=O) groups excluding carboxylic acids is 1. The molecule has 0 aromatic carbocycles. The summed E-state index contributed by atoms with van der Waals surface area (Å²) in [6.45, 7) is 2.73. The molecule has 0 spiro atoms. The molecule has 0 saturated carbocycles. The number of nitrogens with one attached hydrogen (secondary N) is 1. The molecular weight excluding hydrogens is 242 g/mol. The minimum Gasteiger partial charge on any atom is -0.369 e. The van der Waals surface area contributed by atoms with Crippen molar-refractivity contribution in [2.75, 3.05) is 23.8 Å². The van der Waals surface area contributed by atoms with Crippen LogP contribution in [0.3, 0.4) is 0 Å². The number of hydrogen-bond donors (Lipinski definition) is 1. The van der Waals surface area contributed by atoms with E-state index in [0.29, 0.717) is 11.5 Å². The number of aromatic nitrogens is 3. The number of rotatable bonds is 4. The molecule has 0 atom stereocenters. The Morgan fingerprint density at radius 3 is 2.58 bits per heavy atom. The predicted octanol–water partition coefficient (Wildman–Crippen LogP) is 1.58. The fraction of sp³-hybridized carbons (Fsp3) is 0.231. The van der Waals surface area contributed by atoms with Gasteiger partial charge in [-0.1, -0.05) is 0 Å². The van der Waals surface area contributed by atoms with Gasteiger partial charge < -0.3 is 10.2 Å². The molecule has 1 amide bonds. The Balaban J connectivity index is 2.15. The van der Waals surface area contributed by atoms with Gasteiger partial charge in [-0.3, -0.25) is 9.78 Å². The molecule has 0 radical (unpaired) electrons. The summed E-state index contributed by atoms with van der Waals surface area (Å²) in [6.07, 6.45) is 6.30. The Morgan fingerprint density at radius 1 is 1.26 bits per heavy atom. The zero-order valence-electron chi connectivity index (χ0n) is 10.9. The van der Waals surface area contributed by atoms with E-state index in [1.807, 2.05) is 6.92 Å². The summed E-state index contributed by atoms with van der Waals surface area (Å²) in [5, 5.41) is 3.03. The van der Waals surface area contributed by atoms with Crippen LogP contribution in [0.5, 0.6) is 0 Å². The number of pyridine rings is 1. The molecule has 6 nitrogen and oxygen atoms in total. The maximum atomic E-state index is 12.2. The Hall–Kier alpha value is -2.50. The molecule has 19 heavy (non-hydrogen) atoms. The van der Waals surface area contributed by atoms with Crippen LogP contribution in [-0.4, -0.2) is 34.5 Å². The van der Waals surface area contributed by atoms with E-state index in [-0.39, 0.29) is 5.91 Å². The second-order valence-corrected chi connectivity index (χ2v) is 3.89. The number of amides is 1. The summed E-state index contributed by atoms with van der Waals surface area (Å²) in [5.41, 5.74) is 1.07. The molecule has 0 aliphatic rings. The largest absolute Gasteiger partial charge is 0.369 e. The molecule has 1 N–H and O–H groups in total. The second-order valence-electron chi connectivity index (χ2n) is 3.89. The number of hydrogen-bond acceptors (Lipinski definition) is 5. The molecular formula is C13H15N5O. The SMILES string of the molecule is CCNc1cnc(C(=O)N(C)c2ccncc2)cn1. The number of nitrogens with zero attached hydrogens (tertiary/aromatic N) is 4. The minimum atomic E-state index is -0.207. The standard InChI is InChI=1S/C13H15N5O/c1-3-15-12-9-16-11(8-17-12)13(19)18(2)10-4-6-14-7-5-10/h4-9H,3H2,1-2H3,(H,15,17). The van der Waals surface area contributed by atoms with E-state index >= 15 is 0 Å². The lowest BCUT2D eigenvalue weighted by Crippen LogP contribution is -2.27. The Labute approximate surface area is 111 Å². The van der Waals surface area contributed by atoms with Gasteiger partial charge in [0.1, 0.15) is 11.5 Å². The molecule has 0 aliphatic carbocycles. The van der Waals surface area contributed by atoms with Crippen LogP contribution in [0.2, 0.25) is 0 Å². The van der Waals surface area contributed by atoms with Crippen molar-refractivity contribution >= 4 is 17.4 Å². The maximum absolute atomic E-state index is 12.2. The van der Waals surface area contributed by atoms with Crippen molar-refractivity contribution in [1.82, 2.24) is 15.0 Å². The minimum absolute atomic E-state index is 0.207. The van der Waals surface area contributed by atoms with Crippen LogP contribution in [0, 0.1) is 0 Å². The molecule has 2 aromatic heterocycles. The Kier molecular flexibility index (Phi) is 4.02. The third-order valence-electron chi connectivity index (χ3n) is 2.58. The van der Waals surface area contributed by atoms with Gasteiger partial charge in [-0.2, -0.15) is 0 Å². The summed E-state index contributed by atoms with van der Waals surface area (Å²) < 4.78 is 0. The first kappa shape index (κ1) is 12.9. The Morgan fingerprint density at radius 2 is 2.00 bits per heavy atom. The maximum Gasteiger partial charge on any atom is 0.278 e. The fourth-order valence-electron chi connectivity index (χ4n) is 1.57. The van der Waals surface area contributed by atoms with E-state index in [1.54, 1.807) is 37.8 Å². The topological polar surface area (TPSA) is 71.0 Å². The molecule has 0 aliphatic heterocycles. The average Bonchev–Trinajstić information content (AvgIpc) is 2.48. The van der Waals surface area contributed by atoms with Gasteiger partial charge >= 0.3 is 0 Å². The fourth-order valence-corrected chi connectivity index (χ4v) is 1.57. The monoisotopic (exact) mass is 257 g/mol. The molecule has 0 bridgehead atoms. The van der Waals surface area contributed by atoms with E-state index < -0.39 is 0 Å². The van der Waals surface area contributed by atoms with Crippen molar-refractivity contribution in [2.24, 2.45) is 0 Å². The lowest BCUT2D eigenvalue weighted by molar-refractivity contribution is 0.0988. The van der Waals surface area contributed by atoms with E-state index in [9.17, 15) is 4.79 Å². The van der Waals surface area contributed by atoms with Crippen LogP contribution in [0.4, 0.5) is 11.5 Å². The zero-order valence-corrected chi connectivity index (χ0v) is 10.9. The molecule has 2 aromatic rings. The lowest BCUT2D eigenvalue weighted by Gasteiger charge is -2.16. The highest BCUT2D eigenvalue weighted by molar-refractivity contribution is 6.04. The van der Waals surface area contributed by atoms with Crippen molar-refractivity contribution in [3.05, 3.63) is 42.6 Å². The first-order valence-electron chi connectivity index (χ1n) is 5.96. The normalized spacial score (nSPS) is 10.0. The first-order valence-corrected chi connectivity index (χ1v) is 5.96. The average molecular weight is 257 g/mol. The molecule has 6 heteroatoms. The third kappa shape index (κ3) is 3.04. The molecule has 0 unspecified atom stereocenters. The summed E-state index contributed by atoms with van der Waals surface area (Å²) in [4.78, 5) is 25.9. The van der Waals surface area contributed by atoms with Gasteiger partial charge in [0.2, 0.25) is 0 Å². The first-order chi connectivity index (χ1) is 9.22.